The highest BCUT2D eigenvalue weighted by molar-refractivity contribution is 6.10. The number of aromatic nitrogens is 1. The predicted molar refractivity (Wildman–Crippen MR) is 101 cm³/mol. The van der Waals surface area contributed by atoms with E-state index in [-0.39, 0.29) is 23.1 Å². The molecule has 0 aliphatic rings. The smallest absolute Gasteiger partial charge is 0.266 e. The van der Waals surface area contributed by atoms with Crippen LogP contribution in [0.3, 0.4) is 0 Å². The van der Waals surface area contributed by atoms with E-state index < -0.39 is 5.91 Å². The molecule has 0 saturated carbocycles. The molecule has 1 heterocycles. The first-order valence-corrected chi connectivity index (χ1v) is 8.27. The number of hydrogen-bond donors (Lipinski definition) is 2. The average molecular weight is 353 g/mol. The van der Waals surface area contributed by atoms with Crippen LogP contribution in [0.4, 0.5) is 5.69 Å². The van der Waals surface area contributed by atoms with E-state index in [1.807, 2.05) is 32.9 Å². The molecule has 2 rings (SSSR count). The fourth-order valence-electron chi connectivity index (χ4n) is 3.02. The van der Waals surface area contributed by atoms with Crippen molar-refractivity contribution in [2.24, 2.45) is 0 Å². The number of benzene rings is 1. The van der Waals surface area contributed by atoms with Crippen LogP contribution < -0.4 is 5.32 Å². The summed E-state index contributed by atoms with van der Waals surface area (Å²) in [5.41, 5.74) is 3.01. The van der Waals surface area contributed by atoms with E-state index in [1.54, 1.807) is 31.4 Å². The highest BCUT2D eigenvalue weighted by atomic mass is 16.5. The number of hydrogen-bond acceptors (Lipinski definition) is 4. The van der Waals surface area contributed by atoms with Gasteiger partial charge in [0.15, 0.2) is 0 Å². The van der Waals surface area contributed by atoms with Crippen LogP contribution in [0.5, 0.6) is 5.75 Å². The van der Waals surface area contributed by atoms with Gasteiger partial charge in [-0.2, -0.15) is 5.26 Å². The van der Waals surface area contributed by atoms with Crippen LogP contribution in [-0.4, -0.2) is 29.3 Å². The lowest BCUT2D eigenvalue weighted by Crippen LogP contribution is -2.14. The van der Waals surface area contributed by atoms with Crippen LogP contribution in [-0.2, 0) is 9.53 Å². The Hall–Kier alpha value is -3.04. The molecule has 0 spiro atoms. The van der Waals surface area contributed by atoms with Gasteiger partial charge in [0.05, 0.1) is 18.3 Å². The molecule has 1 aromatic heterocycles. The van der Waals surface area contributed by atoms with Crippen LogP contribution in [0.1, 0.15) is 29.9 Å². The Morgan fingerprint density at radius 1 is 1.42 bits per heavy atom. The second kappa shape index (κ2) is 8.37. The number of ether oxygens (including phenoxy) is 1. The molecule has 0 aliphatic carbocycles. The number of methoxy groups -OCH3 is 1. The molecule has 0 bridgehead atoms. The maximum Gasteiger partial charge on any atom is 0.266 e. The van der Waals surface area contributed by atoms with Gasteiger partial charge in [-0.3, -0.25) is 4.79 Å². The molecule has 0 fully saturated rings. The number of carbonyl (C=O) groups excluding carboxylic acids is 1. The lowest BCUT2D eigenvalue weighted by atomic mass is 10.1. The summed E-state index contributed by atoms with van der Waals surface area (Å²) in [6.45, 7) is 6.54. The number of nitriles is 1. The molecule has 1 amide bonds. The molecule has 0 radical (unpaired) electrons. The Labute approximate surface area is 153 Å². The van der Waals surface area contributed by atoms with Gasteiger partial charge in [0, 0.05) is 18.5 Å². The third kappa shape index (κ3) is 4.13. The lowest BCUT2D eigenvalue weighted by Gasteiger charge is -2.17. The van der Waals surface area contributed by atoms with Gasteiger partial charge in [0.2, 0.25) is 0 Å². The molecule has 2 aromatic rings. The van der Waals surface area contributed by atoms with E-state index in [0.29, 0.717) is 6.61 Å². The molecular formula is C20H23N3O3. The summed E-state index contributed by atoms with van der Waals surface area (Å²) >= 11 is 0. The minimum Gasteiger partial charge on any atom is -0.506 e. The number of phenols is 1. The molecule has 136 valence electrons. The topological polar surface area (TPSA) is 87.3 Å². The van der Waals surface area contributed by atoms with Crippen LogP contribution in [0.2, 0.25) is 0 Å². The number of nitrogens with zero attached hydrogens (tertiary/aromatic N) is 2. The van der Waals surface area contributed by atoms with Crippen molar-refractivity contribution < 1.29 is 14.6 Å². The summed E-state index contributed by atoms with van der Waals surface area (Å²) in [6, 6.07) is 10.4. The Bertz CT molecular complexity index is 875. The maximum absolute atomic E-state index is 12.4. The Morgan fingerprint density at radius 3 is 2.73 bits per heavy atom. The second-order valence-electron chi connectivity index (χ2n) is 6.14. The fourth-order valence-corrected chi connectivity index (χ4v) is 3.02. The Kier molecular flexibility index (Phi) is 6.21. The molecule has 1 unspecified atom stereocenters. The number of aryl methyl sites for hydroxylation is 1. The molecular weight excluding hydrogens is 330 g/mol. The van der Waals surface area contributed by atoms with E-state index in [2.05, 4.69) is 9.88 Å². The summed E-state index contributed by atoms with van der Waals surface area (Å²) < 4.78 is 7.34. The highest BCUT2D eigenvalue weighted by Crippen LogP contribution is 2.24. The largest absolute Gasteiger partial charge is 0.506 e. The van der Waals surface area contributed by atoms with Gasteiger partial charge in [0.1, 0.15) is 17.4 Å². The monoisotopic (exact) mass is 353 g/mol. The minimum atomic E-state index is -0.566. The van der Waals surface area contributed by atoms with Crippen LogP contribution in [0.25, 0.3) is 6.08 Å². The molecule has 6 nitrogen and oxygen atoms in total. The lowest BCUT2D eigenvalue weighted by molar-refractivity contribution is -0.112. The van der Waals surface area contributed by atoms with Crippen molar-refractivity contribution in [1.29, 1.82) is 5.26 Å². The van der Waals surface area contributed by atoms with Crippen LogP contribution in [0.15, 0.2) is 35.9 Å². The third-order valence-corrected chi connectivity index (χ3v) is 4.19. The zero-order valence-corrected chi connectivity index (χ0v) is 15.4. The minimum absolute atomic E-state index is 0.0344. The van der Waals surface area contributed by atoms with Gasteiger partial charge in [-0.1, -0.05) is 12.1 Å². The Morgan fingerprint density at radius 2 is 2.12 bits per heavy atom. The fraction of sp³-hybridized carbons (Fsp3) is 0.300. The van der Waals surface area contributed by atoms with E-state index >= 15 is 0 Å². The summed E-state index contributed by atoms with van der Waals surface area (Å²) in [7, 11) is 1.66. The number of nitrogens with one attached hydrogen (secondary N) is 1. The number of carbonyl (C=O) groups is 1. The summed E-state index contributed by atoms with van der Waals surface area (Å²) in [5.74, 6) is -0.617. The SMILES string of the molecule is COCC(C)n1c(C)cc(C=C(C#N)C(=O)Nc2ccccc2O)c1C. The van der Waals surface area contributed by atoms with Crippen molar-refractivity contribution in [3.8, 4) is 11.8 Å². The molecule has 2 N–H and O–H groups in total. The first-order chi connectivity index (χ1) is 12.4. The number of amides is 1. The molecule has 26 heavy (non-hydrogen) atoms. The van der Waals surface area contributed by atoms with Crippen molar-refractivity contribution in [2.75, 3.05) is 19.0 Å². The maximum atomic E-state index is 12.4. The Balaban J connectivity index is 2.32. The zero-order chi connectivity index (χ0) is 19.3. The molecule has 1 aromatic carbocycles. The molecule has 0 saturated heterocycles. The van der Waals surface area contributed by atoms with E-state index in [4.69, 9.17) is 4.74 Å². The van der Waals surface area contributed by atoms with Gasteiger partial charge in [0.25, 0.3) is 5.91 Å². The predicted octanol–water partition coefficient (Wildman–Crippen LogP) is 3.56. The van der Waals surface area contributed by atoms with Gasteiger partial charge in [-0.15, -0.1) is 0 Å². The normalized spacial score (nSPS) is 12.5. The van der Waals surface area contributed by atoms with Crippen molar-refractivity contribution >= 4 is 17.7 Å². The van der Waals surface area contributed by atoms with Gasteiger partial charge < -0.3 is 19.7 Å². The number of para-hydroxylation sites is 2. The summed E-state index contributed by atoms with van der Waals surface area (Å²) in [6.07, 6.45) is 1.56. The van der Waals surface area contributed by atoms with Crippen molar-refractivity contribution in [2.45, 2.75) is 26.8 Å². The van der Waals surface area contributed by atoms with E-state index in [0.717, 1.165) is 17.0 Å². The average Bonchev–Trinajstić information content (AvgIpc) is 2.88. The van der Waals surface area contributed by atoms with Crippen LogP contribution in [0, 0.1) is 25.2 Å². The van der Waals surface area contributed by atoms with Crippen LogP contribution >= 0.6 is 0 Å². The summed E-state index contributed by atoms with van der Waals surface area (Å²) in [4.78, 5) is 12.4. The third-order valence-electron chi connectivity index (χ3n) is 4.19. The van der Waals surface area contributed by atoms with E-state index in [9.17, 15) is 15.2 Å². The van der Waals surface area contributed by atoms with Crippen molar-refractivity contribution in [3.63, 3.8) is 0 Å². The molecule has 6 heteroatoms. The number of anilines is 1. The first kappa shape index (κ1) is 19.3. The quantitative estimate of drug-likeness (QED) is 0.472. The first-order valence-electron chi connectivity index (χ1n) is 8.27. The standard InChI is InChI=1S/C20H23N3O3/c1-13-9-16(15(3)23(13)14(2)12-26-4)10-17(11-21)20(25)22-18-7-5-6-8-19(18)24/h5-10,14,24H,12H2,1-4H3,(H,22,25). The molecule has 1 atom stereocenters. The second-order valence-corrected chi connectivity index (χ2v) is 6.14. The van der Waals surface area contributed by atoms with Gasteiger partial charge >= 0.3 is 0 Å². The van der Waals surface area contributed by atoms with Gasteiger partial charge in [-0.25, -0.2) is 0 Å². The number of phenolic OH excluding ortho intramolecular Hbond substituents is 1. The van der Waals surface area contributed by atoms with E-state index in [1.165, 1.54) is 6.07 Å². The summed E-state index contributed by atoms with van der Waals surface area (Å²) in [5, 5.41) is 21.7. The van der Waals surface area contributed by atoms with Gasteiger partial charge in [-0.05, 0) is 50.6 Å². The highest BCUT2D eigenvalue weighted by Gasteiger charge is 2.16. The number of rotatable bonds is 6. The van der Waals surface area contributed by atoms with Crippen molar-refractivity contribution in [3.05, 3.63) is 52.9 Å². The van der Waals surface area contributed by atoms with Crippen molar-refractivity contribution in [1.82, 2.24) is 4.57 Å². The number of aromatic hydroxyl groups is 1. The zero-order valence-electron chi connectivity index (χ0n) is 15.4. The molecule has 0 aliphatic heterocycles.